The third-order valence-corrected chi connectivity index (χ3v) is 6.30. The second-order valence-corrected chi connectivity index (χ2v) is 8.22. The number of likely N-dealkylation sites (tertiary alicyclic amines) is 1. The van der Waals surface area contributed by atoms with E-state index >= 15 is 0 Å². The smallest absolute Gasteiger partial charge is 0.326 e. The van der Waals surface area contributed by atoms with Crippen LogP contribution in [0.15, 0.2) is 42.5 Å². The molecule has 3 atom stereocenters. The van der Waals surface area contributed by atoms with E-state index in [0.717, 1.165) is 29.8 Å². The number of benzene rings is 2. The fourth-order valence-corrected chi connectivity index (χ4v) is 4.73. The Morgan fingerprint density at radius 1 is 1.17 bits per heavy atom. The summed E-state index contributed by atoms with van der Waals surface area (Å²) in [6.45, 7) is 4.17. The number of halogens is 1. The maximum absolute atomic E-state index is 13.5. The van der Waals surface area contributed by atoms with E-state index in [4.69, 9.17) is 16.3 Å². The van der Waals surface area contributed by atoms with Crippen LogP contribution in [0.2, 0.25) is 5.02 Å². The molecule has 0 radical (unpaired) electrons. The molecule has 1 unspecified atom stereocenters. The molecule has 2 aromatic rings. The first-order valence-electron chi connectivity index (χ1n) is 10.2. The lowest BCUT2D eigenvalue weighted by Gasteiger charge is -2.30. The maximum atomic E-state index is 13.5. The van der Waals surface area contributed by atoms with Crippen molar-refractivity contribution in [3.05, 3.63) is 69.7 Å². The highest BCUT2D eigenvalue weighted by molar-refractivity contribution is 6.31. The number of rotatable bonds is 4. The van der Waals surface area contributed by atoms with Crippen LogP contribution in [-0.4, -0.2) is 47.6 Å². The maximum Gasteiger partial charge on any atom is 0.326 e. The molecule has 1 amide bonds. The van der Waals surface area contributed by atoms with Crippen LogP contribution >= 0.6 is 11.6 Å². The largest absolute Gasteiger partial charge is 0.480 e. The van der Waals surface area contributed by atoms with Crippen LogP contribution in [0, 0.1) is 6.92 Å². The normalized spacial score (nSPS) is 24.1. The van der Waals surface area contributed by atoms with Crippen molar-refractivity contribution in [1.29, 1.82) is 0 Å². The van der Waals surface area contributed by atoms with Gasteiger partial charge in [-0.1, -0.05) is 35.9 Å². The highest BCUT2D eigenvalue weighted by Gasteiger charge is 2.42. The summed E-state index contributed by atoms with van der Waals surface area (Å²) in [5.41, 5.74) is 3.25. The first-order chi connectivity index (χ1) is 14.5. The zero-order chi connectivity index (χ0) is 21.3. The Balaban J connectivity index is 1.65. The summed E-state index contributed by atoms with van der Waals surface area (Å²) < 4.78 is 5.83. The minimum absolute atomic E-state index is 0.0441. The van der Waals surface area contributed by atoms with E-state index in [0.29, 0.717) is 30.0 Å². The van der Waals surface area contributed by atoms with Crippen LogP contribution in [0.4, 0.5) is 0 Å². The van der Waals surface area contributed by atoms with Crippen molar-refractivity contribution in [3.63, 3.8) is 0 Å². The molecular weight excluding hydrogens is 404 g/mol. The first-order valence-corrected chi connectivity index (χ1v) is 10.6. The van der Waals surface area contributed by atoms with Crippen molar-refractivity contribution in [2.75, 3.05) is 19.7 Å². The molecule has 30 heavy (non-hydrogen) atoms. The number of morpholine rings is 1. The standard InChI is InChI=1S/C23H25ClN2O4/c1-14-12-15(6-7-16(14)21-13-25-10-11-30-21)22(27)26-19(8-9-20(26)23(28)29)17-4-2-3-5-18(17)24/h2-7,12,19-21,25H,8-11,13H2,1H3,(H,28,29)/t19-,20+,21?/m1/s1. The molecule has 6 nitrogen and oxygen atoms in total. The van der Waals surface area contributed by atoms with Gasteiger partial charge in [0.05, 0.1) is 18.8 Å². The first kappa shape index (κ1) is 20.8. The number of amides is 1. The number of nitrogens with one attached hydrogen (secondary N) is 1. The number of carboxylic acid groups (broad SMARTS) is 1. The average Bonchev–Trinajstić information content (AvgIpc) is 3.19. The molecule has 0 bridgehead atoms. The van der Waals surface area contributed by atoms with Gasteiger partial charge in [-0.3, -0.25) is 4.79 Å². The summed E-state index contributed by atoms with van der Waals surface area (Å²) in [4.78, 5) is 26.8. The second kappa shape index (κ2) is 8.76. The molecule has 2 saturated heterocycles. The number of carbonyl (C=O) groups is 2. The van der Waals surface area contributed by atoms with E-state index in [1.165, 1.54) is 4.90 Å². The molecule has 2 fully saturated rings. The van der Waals surface area contributed by atoms with Gasteiger partial charge >= 0.3 is 5.97 Å². The molecule has 2 heterocycles. The van der Waals surface area contributed by atoms with Gasteiger partial charge in [0.1, 0.15) is 6.04 Å². The number of carbonyl (C=O) groups excluding carboxylic acids is 1. The highest BCUT2D eigenvalue weighted by Crippen LogP contribution is 2.40. The number of aryl methyl sites for hydroxylation is 1. The number of hydrogen-bond acceptors (Lipinski definition) is 4. The Kier molecular flexibility index (Phi) is 6.09. The summed E-state index contributed by atoms with van der Waals surface area (Å²) in [6, 6.07) is 11.6. The fourth-order valence-electron chi connectivity index (χ4n) is 4.47. The van der Waals surface area contributed by atoms with Crippen molar-refractivity contribution >= 4 is 23.5 Å². The molecule has 0 saturated carbocycles. The molecule has 0 aliphatic carbocycles. The molecule has 0 aromatic heterocycles. The molecule has 2 aliphatic rings. The average molecular weight is 429 g/mol. The van der Waals surface area contributed by atoms with Crippen LogP contribution in [0.25, 0.3) is 0 Å². The van der Waals surface area contributed by atoms with Crippen LogP contribution in [0.5, 0.6) is 0 Å². The van der Waals surface area contributed by atoms with Gasteiger partial charge in [0.25, 0.3) is 5.91 Å². The molecule has 7 heteroatoms. The molecule has 0 spiro atoms. The molecular formula is C23H25ClN2O4. The van der Waals surface area contributed by atoms with Gasteiger partial charge in [0, 0.05) is 23.7 Å². The zero-order valence-electron chi connectivity index (χ0n) is 16.8. The van der Waals surface area contributed by atoms with E-state index in [2.05, 4.69) is 5.32 Å². The van der Waals surface area contributed by atoms with E-state index in [9.17, 15) is 14.7 Å². The van der Waals surface area contributed by atoms with Gasteiger partial charge in [0.2, 0.25) is 0 Å². The fraction of sp³-hybridized carbons (Fsp3) is 0.391. The SMILES string of the molecule is Cc1cc(C(=O)N2[C@@H](c3ccccc3Cl)CC[C@H]2C(=O)O)ccc1C1CNCCO1. The molecule has 158 valence electrons. The monoisotopic (exact) mass is 428 g/mol. The predicted molar refractivity (Wildman–Crippen MR) is 114 cm³/mol. The van der Waals surface area contributed by atoms with Gasteiger partial charge in [-0.25, -0.2) is 4.79 Å². The van der Waals surface area contributed by atoms with Crippen LogP contribution in [-0.2, 0) is 9.53 Å². The highest BCUT2D eigenvalue weighted by atomic mass is 35.5. The van der Waals surface area contributed by atoms with Gasteiger partial charge in [-0.15, -0.1) is 0 Å². The van der Waals surface area contributed by atoms with E-state index < -0.39 is 12.0 Å². The van der Waals surface area contributed by atoms with Crippen LogP contribution in [0.3, 0.4) is 0 Å². The van der Waals surface area contributed by atoms with E-state index in [1.807, 2.05) is 37.3 Å². The van der Waals surface area contributed by atoms with Gasteiger partial charge in [-0.2, -0.15) is 0 Å². The second-order valence-electron chi connectivity index (χ2n) is 7.82. The summed E-state index contributed by atoms with van der Waals surface area (Å²) in [7, 11) is 0. The summed E-state index contributed by atoms with van der Waals surface area (Å²) in [5, 5.41) is 13.6. The Labute approximate surface area is 180 Å². The Morgan fingerprint density at radius 3 is 2.63 bits per heavy atom. The summed E-state index contributed by atoms with van der Waals surface area (Å²) >= 11 is 6.37. The Hall–Kier alpha value is -2.41. The number of carboxylic acids is 1. The van der Waals surface area contributed by atoms with Crippen LogP contribution in [0.1, 0.15) is 52.0 Å². The molecule has 2 aromatic carbocycles. The number of ether oxygens (including phenoxy) is 1. The summed E-state index contributed by atoms with van der Waals surface area (Å²) in [5.74, 6) is -1.28. The van der Waals surface area contributed by atoms with Crippen molar-refractivity contribution < 1.29 is 19.4 Å². The number of aliphatic carboxylic acids is 1. The lowest BCUT2D eigenvalue weighted by atomic mass is 9.98. The van der Waals surface area contributed by atoms with E-state index in [1.54, 1.807) is 12.1 Å². The van der Waals surface area contributed by atoms with Crippen molar-refractivity contribution in [2.24, 2.45) is 0 Å². The Bertz CT molecular complexity index is 958. The molecule has 2 N–H and O–H groups in total. The third kappa shape index (κ3) is 3.95. The van der Waals surface area contributed by atoms with Gasteiger partial charge < -0.3 is 20.1 Å². The number of hydrogen-bond donors (Lipinski definition) is 2. The molecule has 2 aliphatic heterocycles. The number of nitrogens with zero attached hydrogens (tertiary/aromatic N) is 1. The van der Waals surface area contributed by atoms with Crippen molar-refractivity contribution in [3.8, 4) is 0 Å². The molecule has 4 rings (SSSR count). The third-order valence-electron chi connectivity index (χ3n) is 5.96. The van der Waals surface area contributed by atoms with Crippen molar-refractivity contribution in [1.82, 2.24) is 10.2 Å². The quantitative estimate of drug-likeness (QED) is 0.775. The topological polar surface area (TPSA) is 78.9 Å². The zero-order valence-corrected chi connectivity index (χ0v) is 17.6. The summed E-state index contributed by atoms with van der Waals surface area (Å²) in [6.07, 6.45) is 0.915. The van der Waals surface area contributed by atoms with Crippen molar-refractivity contribution in [2.45, 2.75) is 38.0 Å². The van der Waals surface area contributed by atoms with Gasteiger partial charge in [0.15, 0.2) is 0 Å². The van der Waals surface area contributed by atoms with E-state index in [-0.39, 0.29) is 18.1 Å². The Morgan fingerprint density at radius 2 is 1.97 bits per heavy atom. The minimum atomic E-state index is -0.993. The van der Waals surface area contributed by atoms with Gasteiger partial charge in [-0.05, 0) is 54.7 Å². The van der Waals surface area contributed by atoms with Crippen LogP contribution < -0.4 is 5.32 Å². The lowest BCUT2D eigenvalue weighted by molar-refractivity contribution is -0.141. The lowest BCUT2D eigenvalue weighted by Crippen LogP contribution is -2.42. The predicted octanol–water partition coefficient (Wildman–Crippen LogP) is 3.74. The minimum Gasteiger partial charge on any atom is -0.480 e.